The third-order valence-corrected chi connectivity index (χ3v) is 3.01. The second kappa shape index (κ2) is 3.73. The molecule has 0 radical (unpaired) electrons. The summed E-state index contributed by atoms with van der Waals surface area (Å²) < 4.78 is 39.0. The third kappa shape index (κ3) is 2.21. The molecular weight excluding hydrogens is 243 g/mol. The van der Waals surface area contributed by atoms with Gasteiger partial charge in [0.25, 0.3) is 0 Å². The van der Waals surface area contributed by atoms with Crippen LogP contribution >= 0.6 is 0 Å². The maximum atomic E-state index is 13.0. The van der Waals surface area contributed by atoms with E-state index in [9.17, 15) is 18.0 Å². The van der Waals surface area contributed by atoms with E-state index in [1.165, 1.54) is 0 Å². The van der Waals surface area contributed by atoms with Crippen LogP contribution in [0.15, 0.2) is 12.1 Å². The highest BCUT2D eigenvalue weighted by atomic mass is 19.4. The van der Waals surface area contributed by atoms with Crippen LogP contribution in [-0.2, 0) is 22.8 Å². The molecule has 0 saturated carbocycles. The van der Waals surface area contributed by atoms with E-state index >= 15 is 0 Å². The van der Waals surface area contributed by atoms with Crippen LogP contribution < -0.4 is 5.32 Å². The van der Waals surface area contributed by atoms with Gasteiger partial charge in [-0.2, -0.15) is 13.2 Å². The minimum atomic E-state index is -4.46. The minimum absolute atomic E-state index is 0.0162. The summed E-state index contributed by atoms with van der Waals surface area (Å²) in [5.74, 6) is -0.387. The van der Waals surface area contributed by atoms with Gasteiger partial charge < -0.3 is 5.32 Å². The Balaban J connectivity index is 2.66. The molecular formula is C13H14F3NO. The van der Waals surface area contributed by atoms with E-state index in [1.807, 2.05) is 20.8 Å². The largest absolute Gasteiger partial charge is 0.418 e. The van der Waals surface area contributed by atoms with Gasteiger partial charge in [0.05, 0.1) is 17.7 Å². The number of carbonyl (C=O) groups is 1. The van der Waals surface area contributed by atoms with Crippen LogP contribution in [0.4, 0.5) is 18.9 Å². The molecule has 0 aliphatic carbocycles. The van der Waals surface area contributed by atoms with E-state index in [2.05, 4.69) is 5.32 Å². The van der Waals surface area contributed by atoms with Crippen LogP contribution in [0, 0.1) is 0 Å². The number of benzene rings is 1. The Morgan fingerprint density at radius 2 is 1.78 bits per heavy atom. The molecule has 1 heterocycles. The highest BCUT2D eigenvalue weighted by Gasteiger charge is 2.38. The second-order valence-corrected chi connectivity index (χ2v) is 5.53. The Bertz CT molecular complexity index is 512. The van der Waals surface area contributed by atoms with Crippen molar-refractivity contribution in [3.8, 4) is 0 Å². The van der Waals surface area contributed by atoms with Gasteiger partial charge in [0.15, 0.2) is 0 Å². The first-order chi connectivity index (χ1) is 8.09. The van der Waals surface area contributed by atoms with Crippen molar-refractivity contribution >= 4 is 11.6 Å². The molecule has 1 amide bonds. The third-order valence-electron chi connectivity index (χ3n) is 3.01. The fourth-order valence-electron chi connectivity index (χ4n) is 2.00. The number of rotatable bonds is 0. The lowest BCUT2D eigenvalue weighted by Gasteiger charge is -2.22. The van der Waals surface area contributed by atoms with E-state index < -0.39 is 11.7 Å². The van der Waals surface area contributed by atoms with Crippen LogP contribution in [0.3, 0.4) is 0 Å². The molecule has 5 heteroatoms. The summed E-state index contributed by atoms with van der Waals surface area (Å²) in [7, 11) is 0. The van der Waals surface area contributed by atoms with Gasteiger partial charge in [0.1, 0.15) is 0 Å². The van der Waals surface area contributed by atoms with Crippen molar-refractivity contribution in [3.05, 3.63) is 28.8 Å². The fraction of sp³-hybridized carbons (Fsp3) is 0.462. The van der Waals surface area contributed by atoms with Crippen molar-refractivity contribution < 1.29 is 18.0 Å². The summed E-state index contributed by atoms with van der Waals surface area (Å²) in [6.45, 7) is 5.54. The number of amides is 1. The summed E-state index contributed by atoms with van der Waals surface area (Å²) in [6, 6.07) is 2.81. The molecule has 1 aromatic carbocycles. The molecule has 0 bridgehead atoms. The zero-order chi connectivity index (χ0) is 13.7. The van der Waals surface area contributed by atoms with Crippen molar-refractivity contribution in [3.63, 3.8) is 0 Å². The van der Waals surface area contributed by atoms with Crippen molar-refractivity contribution in [2.75, 3.05) is 5.32 Å². The van der Waals surface area contributed by atoms with E-state index in [4.69, 9.17) is 0 Å². The number of hydrogen-bond donors (Lipinski definition) is 1. The number of anilines is 1. The Morgan fingerprint density at radius 1 is 1.17 bits per heavy atom. The van der Waals surface area contributed by atoms with Crippen LogP contribution in [0.5, 0.6) is 0 Å². The average Bonchev–Trinajstić information content (AvgIpc) is 2.52. The number of alkyl halides is 3. The number of hydrogen-bond acceptors (Lipinski definition) is 1. The summed E-state index contributed by atoms with van der Waals surface area (Å²) in [4.78, 5) is 11.3. The molecule has 0 fully saturated rings. The van der Waals surface area contributed by atoms with Crippen LogP contribution in [0.2, 0.25) is 0 Å². The summed E-state index contributed by atoms with van der Waals surface area (Å²) in [5.41, 5.74) is -0.207. The molecule has 0 spiro atoms. The monoisotopic (exact) mass is 257 g/mol. The van der Waals surface area contributed by atoms with Gasteiger partial charge >= 0.3 is 6.18 Å². The lowest BCUT2D eigenvalue weighted by Crippen LogP contribution is -2.16. The average molecular weight is 257 g/mol. The van der Waals surface area contributed by atoms with Gasteiger partial charge in [-0.1, -0.05) is 26.8 Å². The molecule has 18 heavy (non-hydrogen) atoms. The molecule has 1 aliphatic rings. The maximum absolute atomic E-state index is 13.0. The van der Waals surface area contributed by atoms with Gasteiger partial charge in [-0.3, -0.25) is 4.79 Å². The predicted molar refractivity (Wildman–Crippen MR) is 62.5 cm³/mol. The SMILES string of the molecule is CC(C)(C)c1cc2c(c(C(F)(F)F)c1)NC(=O)C2. The highest BCUT2D eigenvalue weighted by Crippen LogP contribution is 2.41. The van der Waals surface area contributed by atoms with Crippen LogP contribution in [0.1, 0.15) is 37.5 Å². The van der Waals surface area contributed by atoms with Gasteiger partial charge in [0.2, 0.25) is 5.91 Å². The first-order valence-corrected chi connectivity index (χ1v) is 5.63. The van der Waals surface area contributed by atoms with Gasteiger partial charge in [0, 0.05) is 0 Å². The van der Waals surface area contributed by atoms with E-state index in [1.54, 1.807) is 6.07 Å². The summed E-state index contributed by atoms with van der Waals surface area (Å²) in [5, 5.41) is 2.29. The van der Waals surface area contributed by atoms with Gasteiger partial charge in [-0.05, 0) is 22.6 Å². The first kappa shape index (κ1) is 12.9. The zero-order valence-electron chi connectivity index (χ0n) is 10.4. The Hall–Kier alpha value is -1.52. The van der Waals surface area contributed by atoms with Crippen molar-refractivity contribution in [1.82, 2.24) is 0 Å². The Morgan fingerprint density at radius 3 is 2.28 bits per heavy atom. The molecule has 2 rings (SSSR count). The summed E-state index contributed by atoms with van der Waals surface area (Å²) >= 11 is 0. The standard InChI is InChI=1S/C13H14F3NO/c1-12(2,3)8-4-7-5-10(18)17-11(7)9(6-8)13(14,15)16/h4,6H,5H2,1-3H3,(H,17,18). The minimum Gasteiger partial charge on any atom is -0.325 e. The zero-order valence-corrected chi connectivity index (χ0v) is 10.4. The summed E-state index contributed by atoms with van der Waals surface area (Å²) in [6.07, 6.45) is -4.44. The lowest BCUT2D eigenvalue weighted by molar-refractivity contribution is -0.137. The topological polar surface area (TPSA) is 29.1 Å². The second-order valence-electron chi connectivity index (χ2n) is 5.53. The molecule has 1 N–H and O–H groups in total. The van der Waals surface area contributed by atoms with Crippen molar-refractivity contribution in [2.45, 2.75) is 38.8 Å². The number of nitrogens with one attached hydrogen (secondary N) is 1. The molecule has 0 atom stereocenters. The van der Waals surface area contributed by atoms with Crippen molar-refractivity contribution in [1.29, 1.82) is 0 Å². The smallest absolute Gasteiger partial charge is 0.325 e. The molecule has 1 aromatic rings. The first-order valence-electron chi connectivity index (χ1n) is 5.63. The number of halogens is 3. The molecule has 0 saturated heterocycles. The lowest BCUT2D eigenvalue weighted by atomic mass is 9.84. The normalized spacial score (nSPS) is 15.6. The molecule has 0 unspecified atom stereocenters. The van der Waals surface area contributed by atoms with Gasteiger partial charge in [-0.25, -0.2) is 0 Å². The highest BCUT2D eigenvalue weighted by molar-refractivity contribution is 6.00. The molecule has 0 aromatic heterocycles. The molecule has 2 nitrogen and oxygen atoms in total. The fourth-order valence-corrected chi connectivity index (χ4v) is 2.00. The van der Waals surface area contributed by atoms with E-state index in [-0.39, 0.29) is 23.4 Å². The molecule has 98 valence electrons. The van der Waals surface area contributed by atoms with Crippen molar-refractivity contribution in [2.24, 2.45) is 0 Å². The number of carbonyl (C=O) groups excluding carboxylic acids is 1. The van der Waals surface area contributed by atoms with Crippen LogP contribution in [0.25, 0.3) is 0 Å². The number of fused-ring (bicyclic) bond motifs is 1. The Labute approximate surface area is 103 Å². The molecule has 1 aliphatic heterocycles. The predicted octanol–water partition coefficient (Wildman–Crippen LogP) is 3.50. The maximum Gasteiger partial charge on any atom is 0.418 e. The van der Waals surface area contributed by atoms with Crippen LogP contribution in [-0.4, -0.2) is 5.91 Å². The van der Waals surface area contributed by atoms with E-state index in [0.717, 1.165) is 6.07 Å². The quantitative estimate of drug-likeness (QED) is 0.757. The van der Waals surface area contributed by atoms with E-state index in [0.29, 0.717) is 11.1 Å². The Kier molecular flexibility index (Phi) is 2.68. The van der Waals surface area contributed by atoms with Gasteiger partial charge in [-0.15, -0.1) is 0 Å².